The smallest absolute Gasteiger partial charge is 0.244 e. The standard InChI is InChI=1S/C30H30O4/c1-23-13-9-11-19-28(23)31-22-27(32-29-20-12-10-14-24(29)2)21-30(33-25-15-5-3-6-16-25)34-26-17-7-4-8-18-26/h3-20,27,30H,21-22H2,1-2H3. The topological polar surface area (TPSA) is 36.9 Å². The summed E-state index contributed by atoms with van der Waals surface area (Å²) in [5.41, 5.74) is 2.14. The monoisotopic (exact) mass is 454 g/mol. The molecule has 0 aromatic heterocycles. The Balaban J connectivity index is 1.55. The van der Waals surface area contributed by atoms with Crippen LogP contribution in [-0.4, -0.2) is 19.0 Å². The first-order valence-electron chi connectivity index (χ1n) is 11.5. The maximum Gasteiger partial charge on any atom is 0.244 e. The van der Waals surface area contributed by atoms with Crippen molar-refractivity contribution >= 4 is 0 Å². The van der Waals surface area contributed by atoms with Gasteiger partial charge in [0, 0.05) is 0 Å². The van der Waals surface area contributed by atoms with Crippen LogP contribution in [0.5, 0.6) is 23.0 Å². The molecule has 0 aliphatic heterocycles. The second kappa shape index (κ2) is 11.8. The highest BCUT2D eigenvalue weighted by Gasteiger charge is 2.23. The first-order valence-corrected chi connectivity index (χ1v) is 11.5. The summed E-state index contributed by atoms with van der Waals surface area (Å²) in [7, 11) is 0. The van der Waals surface area contributed by atoms with E-state index in [1.807, 2.05) is 123 Å². The van der Waals surface area contributed by atoms with Crippen molar-refractivity contribution in [1.82, 2.24) is 0 Å². The van der Waals surface area contributed by atoms with Crippen molar-refractivity contribution in [2.45, 2.75) is 32.7 Å². The van der Waals surface area contributed by atoms with E-state index < -0.39 is 6.29 Å². The molecule has 4 rings (SSSR count). The number of benzene rings is 4. The Hall–Kier alpha value is -3.92. The van der Waals surface area contributed by atoms with Gasteiger partial charge in [-0.15, -0.1) is 0 Å². The number of hydrogen-bond donors (Lipinski definition) is 0. The third-order valence-electron chi connectivity index (χ3n) is 5.38. The summed E-state index contributed by atoms with van der Waals surface area (Å²) in [6, 6.07) is 35.3. The van der Waals surface area contributed by atoms with E-state index in [1.165, 1.54) is 0 Å². The lowest BCUT2D eigenvalue weighted by atomic mass is 10.2. The van der Waals surface area contributed by atoms with Gasteiger partial charge in [0.05, 0.1) is 6.42 Å². The molecule has 0 radical (unpaired) electrons. The van der Waals surface area contributed by atoms with Crippen molar-refractivity contribution < 1.29 is 18.9 Å². The van der Waals surface area contributed by atoms with Crippen molar-refractivity contribution in [2.24, 2.45) is 0 Å². The second-order valence-corrected chi connectivity index (χ2v) is 8.11. The van der Waals surface area contributed by atoms with Crippen LogP contribution < -0.4 is 18.9 Å². The van der Waals surface area contributed by atoms with Crippen LogP contribution >= 0.6 is 0 Å². The minimum atomic E-state index is -0.570. The molecule has 0 aliphatic rings. The Morgan fingerprint density at radius 3 is 1.53 bits per heavy atom. The molecule has 1 unspecified atom stereocenters. The van der Waals surface area contributed by atoms with E-state index in [1.54, 1.807) is 0 Å². The van der Waals surface area contributed by atoms with E-state index in [0.717, 1.165) is 34.1 Å². The van der Waals surface area contributed by atoms with Crippen molar-refractivity contribution in [3.63, 3.8) is 0 Å². The maximum absolute atomic E-state index is 6.43. The predicted molar refractivity (Wildman–Crippen MR) is 135 cm³/mol. The lowest BCUT2D eigenvalue weighted by Gasteiger charge is -2.26. The molecule has 4 aromatic rings. The summed E-state index contributed by atoms with van der Waals surface area (Å²) in [5.74, 6) is 3.13. The molecule has 0 N–H and O–H groups in total. The molecule has 0 amide bonds. The molecule has 0 aliphatic carbocycles. The Labute approximate surface area is 201 Å². The lowest BCUT2D eigenvalue weighted by Crippen LogP contribution is -2.35. The molecule has 4 aromatic carbocycles. The van der Waals surface area contributed by atoms with Crippen LogP contribution in [0.15, 0.2) is 109 Å². The molecule has 0 saturated carbocycles. The van der Waals surface area contributed by atoms with E-state index >= 15 is 0 Å². The summed E-state index contributed by atoms with van der Waals surface area (Å²) in [5, 5.41) is 0. The van der Waals surface area contributed by atoms with Gasteiger partial charge >= 0.3 is 0 Å². The van der Waals surface area contributed by atoms with Gasteiger partial charge < -0.3 is 18.9 Å². The van der Waals surface area contributed by atoms with Crippen LogP contribution in [0, 0.1) is 13.8 Å². The Kier molecular flexibility index (Phi) is 8.07. The van der Waals surface area contributed by atoms with Gasteiger partial charge in [0.2, 0.25) is 6.29 Å². The maximum atomic E-state index is 6.43. The summed E-state index contributed by atoms with van der Waals surface area (Å²) in [6.45, 7) is 4.42. The van der Waals surface area contributed by atoms with Crippen LogP contribution in [0.25, 0.3) is 0 Å². The van der Waals surface area contributed by atoms with E-state index in [-0.39, 0.29) is 6.10 Å². The van der Waals surface area contributed by atoms with Gasteiger partial charge in [-0.3, -0.25) is 0 Å². The first kappa shape index (κ1) is 23.2. The molecule has 1 atom stereocenters. The molecule has 0 spiro atoms. The fraction of sp³-hybridized carbons (Fsp3) is 0.200. The molecule has 34 heavy (non-hydrogen) atoms. The quantitative estimate of drug-likeness (QED) is 0.229. The minimum Gasteiger partial charge on any atom is -0.489 e. The molecular weight excluding hydrogens is 424 g/mol. The Bertz CT molecular complexity index is 1100. The van der Waals surface area contributed by atoms with Gasteiger partial charge in [-0.25, -0.2) is 0 Å². The normalized spacial score (nSPS) is 11.6. The first-order chi connectivity index (χ1) is 16.7. The molecule has 0 heterocycles. The summed E-state index contributed by atoms with van der Waals surface area (Å²) >= 11 is 0. The summed E-state index contributed by atoms with van der Waals surface area (Å²) in [4.78, 5) is 0. The molecule has 4 heteroatoms. The molecule has 0 bridgehead atoms. The lowest BCUT2D eigenvalue weighted by molar-refractivity contribution is -0.0339. The molecule has 0 saturated heterocycles. The summed E-state index contributed by atoms with van der Waals surface area (Å²) in [6.07, 6.45) is -0.415. The average Bonchev–Trinajstić information content (AvgIpc) is 2.86. The van der Waals surface area contributed by atoms with Crippen molar-refractivity contribution in [3.05, 3.63) is 120 Å². The van der Waals surface area contributed by atoms with Gasteiger partial charge in [-0.2, -0.15) is 0 Å². The highest BCUT2D eigenvalue weighted by atomic mass is 16.7. The van der Waals surface area contributed by atoms with Crippen molar-refractivity contribution in [1.29, 1.82) is 0 Å². The van der Waals surface area contributed by atoms with Crippen LogP contribution in [-0.2, 0) is 0 Å². The molecule has 174 valence electrons. The number of hydrogen-bond acceptors (Lipinski definition) is 4. The fourth-order valence-corrected chi connectivity index (χ4v) is 3.56. The summed E-state index contributed by atoms with van der Waals surface area (Å²) < 4.78 is 25.1. The highest BCUT2D eigenvalue weighted by molar-refractivity contribution is 5.33. The number of para-hydroxylation sites is 4. The average molecular weight is 455 g/mol. The highest BCUT2D eigenvalue weighted by Crippen LogP contribution is 2.24. The zero-order chi connectivity index (χ0) is 23.6. The zero-order valence-electron chi connectivity index (χ0n) is 19.6. The fourth-order valence-electron chi connectivity index (χ4n) is 3.56. The second-order valence-electron chi connectivity index (χ2n) is 8.11. The van der Waals surface area contributed by atoms with Gasteiger partial charge in [-0.05, 0) is 61.4 Å². The van der Waals surface area contributed by atoms with E-state index in [9.17, 15) is 0 Å². The van der Waals surface area contributed by atoms with Crippen molar-refractivity contribution in [3.8, 4) is 23.0 Å². The zero-order valence-corrected chi connectivity index (χ0v) is 19.6. The third kappa shape index (κ3) is 6.79. The van der Waals surface area contributed by atoms with E-state index in [4.69, 9.17) is 18.9 Å². The predicted octanol–water partition coefficient (Wildman–Crippen LogP) is 7.00. The third-order valence-corrected chi connectivity index (χ3v) is 5.38. The number of aryl methyl sites for hydroxylation is 2. The van der Waals surface area contributed by atoms with Gasteiger partial charge in [-0.1, -0.05) is 72.8 Å². The number of rotatable bonds is 11. The van der Waals surface area contributed by atoms with Crippen LogP contribution in [0.1, 0.15) is 17.5 Å². The Morgan fingerprint density at radius 1 is 0.529 bits per heavy atom. The Morgan fingerprint density at radius 2 is 1.00 bits per heavy atom. The molecule has 0 fully saturated rings. The van der Waals surface area contributed by atoms with Gasteiger partial charge in [0.25, 0.3) is 0 Å². The van der Waals surface area contributed by atoms with Crippen LogP contribution in [0.2, 0.25) is 0 Å². The molecule has 4 nitrogen and oxygen atoms in total. The molecular formula is C30H30O4. The van der Waals surface area contributed by atoms with Crippen molar-refractivity contribution in [2.75, 3.05) is 6.61 Å². The van der Waals surface area contributed by atoms with Crippen LogP contribution in [0.3, 0.4) is 0 Å². The van der Waals surface area contributed by atoms with Gasteiger partial charge in [0.15, 0.2) is 0 Å². The number of ether oxygens (including phenoxy) is 4. The van der Waals surface area contributed by atoms with E-state index in [0.29, 0.717) is 13.0 Å². The largest absolute Gasteiger partial charge is 0.489 e. The van der Waals surface area contributed by atoms with E-state index in [2.05, 4.69) is 0 Å². The minimum absolute atomic E-state index is 0.307. The SMILES string of the molecule is Cc1ccccc1OCC(CC(Oc1ccccc1)Oc1ccccc1)Oc1ccccc1C. The van der Waals surface area contributed by atoms with Gasteiger partial charge in [0.1, 0.15) is 35.7 Å². The van der Waals surface area contributed by atoms with Crippen LogP contribution in [0.4, 0.5) is 0 Å².